The lowest BCUT2D eigenvalue weighted by Gasteiger charge is -2.19. The zero-order chi connectivity index (χ0) is 7.78. The van der Waals surface area contributed by atoms with Crippen molar-refractivity contribution in [3.8, 4) is 0 Å². The summed E-state index contributed by atoms with van der Waals surface area (Å²) in [6, 6.07) is 0. The molecule has 10 heavy (non-hydrogen) atoms. The summed E-state index contributed by atoms with van der Waals surface area (Å²) >= 11 is 0. The molecule has 3 nitrogen and oxygen atoms in total. The average molecular weight is 143 g/mol. The van der Waals surface area contributed by atoms with Crippen LogP contribution in [0.2, 0.25) is 0 Å². The van der Waals surface area contributed by atoms with Crippen LogP contribution in [0.3, 0.4) is 0 Å². The van der Waals surface area contributed by atoms with E-state index in [9.17, 15) is 4.39 Å². The van der Waals surface area contributed by atoms with Crippen molar-refractivity contribution in [3.63, 3.8) is 0 Å². The van der Waals surface area contributed by atoms with Gasteiger partial charge in [0, 0.05) is 5.54 Å². The molecule has 0 N–H and O–H groups in total. The van der Waals surface area contributed by atoms with Gasteiger partial charge in [-0.15, -0.1) is 5.10 Å². The first-order valence-corrected chi connectivity index (χ1v) is 3.08. The highest BCUT2D eigenvalue weighted by Gasteiger charge is 2.16. The first-order valence-electron chi connectivity index (χ1n) is 3.08. The van der Waals surface area contributed by atoms with Gasteiger partial charge in [0.2, 0.25) is 0 Å². The number of rotatable bonds is 0. The van der Waals surface area contributed by atoms with E-state index in [1.807, 2.05) is 20.8 Å². The number of nitrogens with zero attached hydrogens (tertiary/aromatic N) is 3. The monoisotopic (exact) mass is 143 g/mol. The largest absolute Gasteiger partial charge is 0.309 e. The van der Waals surface area contributed by atoms with Gasteiger partial charge in [0.1, 0.15) is 6.33 Å². The molecule has 0 radical (unpaired) electrons. The highest BCUT2D eigenvalue weighted by atomic mass is 19.1. The van der Waals surface area contributed by atoms with Gasteiger partial charge in [-0.2, -0.15) is 4.39 Å². The summed E-state index contributed by atoms with van der Waals surface area (Å²) in [5.41, 5.74) is -0.270. The van der Waals surface area contributed by atoms with Gasteiger partial charge in [-0.1, -0.05) is 5.10 Å². The maximum absolute atomic E-state index is 12.6. The number of aromatic nitrogens is 3. The molecule has 4 heteroatoms. The summed E-state index contributed by atoms with van der Waals surface area (Å²) in [5.74, 6) is 0. The molecule has 56 valence electrons. The zero-order valence-electron chi connectivity index (χ0n) is 6.30. The van der Waals surface area contributed by atoms with Crippen molar-refractivity contribution in [2.45, 2.75) is 26.3 Å². The van der Waals surface area contributed by atoms with E-state index >= 15 is 0 Å². The summed E-state index contributed by atoms with van der Waals surface area (Å²) in [6.45, 7) is 5.66. The standard InChI is InChI=1S/C6H10FN3/c1-6(2,3)10-4-8-9-5(10)7/h4H,1-3H3. The second-order valence-electron chi connectivity index (χ2n) is 3.14. The van der Waals surface area contributed by atoms with Gasteiger partial charge in [-0.25, -0.2) is 0 Å². The predicted octanol–water partition coefficient (Wildman–Crippen LogP) is 1.17. The van der Waals surface area contributed by atoms with E-state index in [0.29, 0.717) is 0 Å². The summed E-state index contributed by atoms with van der Waals surface area (Å²) in [7, 11) is 0. The third-order valence-corrected chi connectivity index (χ3v) is 1.23. The van der Waals surface area contributed by atoms with Gasteiger partial charge in [0.25, 0.3) is 0 Å². The third kappa shape index (κ3) is 1.15. The molecule has 1 rings (SSSR count). The fourth-order valence-electron chi connectivity index (χ4n) is 0.671. The molecule has 0 unspecified atom stereocenters. The van der Waals surface area contributed by atoms with Gasteiger partial charge < -0.3 is 0 Å². The van der Waals surface area contributed by atoms with Crippen LogP contribution in [0, 0.1) is 6.08 Å². The quantitative estimate of drug-likeness (QED) is 0.545. The highest BCUT2D eigenvalue weighted by molar-refractivity contribution is 4.77. The maximum Gasteiger partial charge on any atom is 0.309 e. The Balaban J connectivity index is 3.05. The van der Waals surface area contributed by atoms with Crippen LogP contribution < -0.4 is 0 Å². The molecule has 0 aliphatic carbocycles. The molecule has 0 aliphatic rings. The van der Waals surface area contributed by atoms with E-state index in [0.717, 1.165) is 0 Å². The van der Waals surface area contributed by atoms with Crippen molar-refractivity contribution in [1.82, 2.24) is 14.8 Å². The van der Waals surface area contributed by atoms with Crippen LogP contribution >= 0.6 is 0 Å². The fourth-order valence-corrected chi connectivity index (χ4v) is 0.671. The second-order valence-corrected chi connectivity index (χ2v) is 3.14. The average Bonchev–Trinajstić information content (AvgIpc) is 2.11. The van der Waals surface area contributed by atoms with Crippen LogP contribution in [-0.4, -0.2) is 14.8 Å². The minimum Gasteiger partial charge on any atom is -0.285 e. The lowest BCUT2D eigenvalue weighted by molar-refractivity contribution is 0.326. The van der Waals surface area contributed by atoms with Gasteiger partial charge in [-0.3, -0.25) is 4.57 Å². The van der Waals surface area contributed by atoms with Crippen LogP contribution in [0.15, 0.2) is 6.33 Å². The summed E-state index contributed by atoms with van der Waals surface area (Å²) < 4.78 is 14.0. The molecule has 0 aliphatic heterocycles. The molecule has 1 aromatic rings. The topological polar surface area (TPSA) is 30.7 Å². The van der Waals surface area contributed by atoms with Gasteiger partial charge >= 0.3 is 6.08 Å². The van der Waals surface area contributed by atoms with Crippen LogP contribution in [-0.2, 0) is 5.54 Å². The van der Waals surface area contributed by atoms with E-state index in [-0.39, 0.29) is 5.54 Å². The van der Waals surface area contributed by atoms with E-state index in [4.69, 9.17) is 0 Å². The minimum absolute atomic E-state index is 0.270. The summed E-state index contributed by atoms with van der Waals surface area (Å²) in [5, 5.41) is 6.66. The van der Waals surface area contributed by atoms with Gasteiger partial charge in [0.05, 0.1) is 0 Å². The Morgan fingerprint density at radius 2 is 2.10 bits per heavy atom. The lowest BCUT2D eigenvalue weighted by atomic mass is 10.1. The highest BCUT2D eigenvalue weighted by Crippen LogP contribution is 2.13. The van der Waals surface area contributed by atoms with Crippen molar-refractivity contribution in [3.05, 3.63) is 12.4 Å². The van der Waals surface area contributed by atoms with E-state index in [1.54, 1.807) is 0 Å². The van der Waals surface area contributed by atoms with Crippen LogP contribution in [0.4, 0.5) is 4.39 Å². The SMILES string of the molecule is CC(C)(C)n1cnnc1F. The van der Waals surface area contributed by atoms with Crippen molar-refractivity contribution < 1.29 is 4.39 Å². The van der Waals surface area contributed by atoms with Crippen molar-refractivity contribution in [2.24, 2.45) is 0 Å². The van der Waals surface area contributed by atoms with Crippen LogP contribution in [0.1, 0.15) is 20.8 Å². The molecule has 0 amide bonds. The zero-order valence-corrected chi connectivity index (χ0v) is 6.30. The van der Waals surface area contributed by atoms with Crippen molar-refractivity contribution >= 4 is 0 Å². The van der Waals surface area contributed by atoms with E-state index in [1.165, 1.54) is 10.9 Å². The molecule has 0 fully saturated rings. The molecule has 0 aromatic carbocycles. The second kappa shape index (κ2) is 2.04. The molecule has 0 saturated carbocycles. The molecule has 1 aromatic heterocycles. The summed E-state index contributed by atoms with van der Waals surface area (Å²) in [4.78, 5) is 0. The molecular weight excluding hydrogens is 133 g/mol. The smallest absolute Gasteiger partial charge is 0.285 e. The first-order chi connectivity index (χ1) is 4.52. The van der Waals surface area contributed by atoms with Crippen LogP contribution in [0.5, 0.6) is 0 Å². The Labute approximate surface area is 58.9 Å². The van der Waals surface area contributed by atoms with E-state index in [2.05, 4.69) is 10.2 Å². The number of halogens is 1. The third-order valence-electron chi connectivity index (χ3n) is 1.23. The maximum atomic E-state index is 12.6. The van der Waals surface area contributed by atoms with Crippen molar-refractivity contribution in [1.29, 1.82) is 0 Å². The Hall–Kier alpha value is -0.930. The lowest BCUT2D eigenvalue weighted by Crippen LogP contribution is -2.22. The molecule has 0 atom stereocenters. The Morgan fingerprint density at radius 1 is 1.50 bits per heavy atom. The Bertz CT molecular complexity index is 223. The Kier molecular flexibility index (Phi) is 1.46. The van der Waals surface area contributed by atoms with E-state index < -0.39 is 6.08 Å². The van der Waals surface area contributed by atoms with Crippen LogP contribution in [0.25, 0.3) is 0 Å². The van der Waals surface area contributed by atoms with Gasteiger partial charge in [0.15, 0.2) is 0 Å². The predicted molar refractivity (Wildman–Crippen MR) is 35.0 cm³/mol. The number of hydrogen-bond acceptors (Lipinski definition) is 2. The Morgan fingerprint density at radius 3 is 2.30 bits per heavy atom. The number of hydrogen-bond donors (Lipinski definition) is 0. The molecule has 0 bridgehead atoms. The normalized spacial score (nSPS) is 12.0. The molecule has 0 saturated heterocycles. The minimum atomic E-state index is -0.535. The molecule has 1 heterocycles. The fraction of sp³-hybridized carbons (Fsp3) is 0.667. The molecular formula is C6H10FN3. The summed E-state index contributed by atoms with van der Waals surface area (Å²) in [6.07, 6.45) is 0.850. The van der Waals surface area contributed by atoms with Crippen molar-refractivity contribution in [2.75, 3.05) is 0 Å². The first kappa shape index (κ1) is 7.18. The molecule has 0 spiro atoms. The van der Waals surface area contributed by atoms with Gasteiger partial charge in [-0.05, 0) is 20.8 Å².